The molecule has 1 saturated heterocycles. The molecule has 0 saturated carbocycles. The highest BCUT2D eigenvalue weighted by Crippen LogP contribution is 2.19. The first-order chi connectivity index (χ1) is 25.2. The second-order valence-corrected chi connectivity index (χ2v) is 12.7. The molecule has 3 heterocycles. The van der Waals surface area contributed by atoms with Gasteiger partial charge in [-0.05, 0) is 36.5 Å². The molecular formula is C36H45N11O5. The summed E-state index contributed by atoms with van der Waals surface area (Å²) in [5, 5.41) is 15.0. The van der Waals surface area contributed by atoms with Gasteiger partial charge in [0.15, 0.2) is 5.96 Å². The fourth-order valence-electron chi connectivity index (χ4n) is 6.05. The molecule has 0 spiro atoms. The van der Waals surface area contributed by atoms with E-state index in [1.54, 1.807) is 12.4 Å². The number of nitrogens with zero attached hydrogens (tertiary/aromatic N) is 2. The van der Waals surface area contributed by atoms with Gasteiger partial charge in [0.1, 0.15) is 24.2 Å². The topological polar surface area (TPSA) is 254 Å². The molecule has 0 radical (unpaired) electrons. The lowest BCUT2D eigenvalue weighted by Gasteiger charge is -2.26. The molecule has 2 aromatic heterocycles. The molecule has 2 aromatic carbocycles. The first-order valence-corrected chi connectivity index (χ1v) is 17.3. The number of aliphatic imine (C=N–C) groups is 1. The minimum absolute atomic E-state index is 0.0122. The van der Waals surface area contributed by atoms with Gasteiger partial charge in [0, 0.05) is 67.8 Å². The number of nitrogens with two attached hydrogens (primary N) is 2. The number of benzene rings is 2. The van der Waals surface area contributed by atoms with Crippen LogP contribution in [0.15, 0.2) is 78.3 Å². The first kappa shape index (κ1) is 37.1. The summed E-state index contributed by atoms with van der Waals surface area (Å²) < 4.78 is 0. The van der Waals surface area contributed by atoms with E-state index < -0.39 is 53.7 Å². The number of hydrogen-bond donors (Lipinski definition) is 9. The Morgan fingerprint density at radius 2 is 1.42 bits per heavy atom. The van der Waals surface area contributed by atoms with Crippen LogP contribution in [0.5, 0.6) is 0 Å². The van der Waals surface area contributed by atoms with Gasteiger partial charge >= 0.3 is 0 Å². The minimum atomic E-state index is -1.13. The van der Waals surface area contributed by atoms with Gasteiger partial charge < -0.3 is 48.0 Å². The number of nitrogens with one attached hydrogen (secondary N) is 7. The van der Waals surface area contributed by atoms with E-state index in [9.17, 15) is 24.0 Å². The van der Waals surface area contributed by atoms with Crippen LogP contribution in [0.4, 0.5) is 0 Å². The van der Waals surface area contributed by atoms with Crippen molar-refractivity contribution in [3.05, 3.63) is 90.1 Å². The molecule has 4 atom stereocenters. The highest BCUT2D eigenvalue weighted by molar-refractivity contribution is 5.96. The second-order valence-electron chi connectivity index (χ2n) is 12.7. The van der Waals surface area contributed by atoms with E-state index in [0.29, 0.717) is 12.1 Å². The molecule has 0 aliphatic carbocycles. The molecule has 4 aromatic rings. The van der Waals surface area contributed by atoms with Crippen LogP contribution in [0.2, 0.25) is 0 Å². The van der Waals surface area contributed by atoms with Gasteiger partial charge in [-0.25, -0.2) is 4.98 Å². The molecule has 5 rings (SSSR count). The normalized spacial score (nSPS) is 20.9. The third-order valence-electron chi connectivity index (χ3n) is 8.74. The van der Waals surface area contributed by atoms with Crippen molar-refractivity contribution in [3.63, 3.8) is 0 Å². The fraction of sp³-hybridized carbons (Fsp3) is 0.361. The summed E-state index contributed by atoms with van der Waals surface area (Å²) in [5.41, 5.74) is 14.0. The predicted molar refractivity (Wildman–Crippen MR) is 194 cm³/mol. The quantitative estimate of drug-likeness (QED) is 0.0605. The van der Waals surface area contributed by atoms with Gasteiger partial charge in [-0.1, -0.05) is 48.5 Å². The summed E-state index contributed by atoms with van der Waals surface area (Å²) in [7, 11) is 0. The number of H-pyrrole nitrogens is 2. The number of aromatic nitrogens is 3. The van der Waals surface area contributed by atoms with E-state index in [1.165, 1.54) is 6.33 Å². The van der Waals surface area contributed by atoms with E-state index >= 15 is 0 Å². The van der Waals surface area contributed by atoms with E-state index in [4.69, 9.17) is 11.5 Å². The Kier molecular flexibility index (Phi) is 13.0. The molecule has 11 N–H and O–H groups in total. The average molecular weight is 712 g/mol. The molecule has 1 aliphatic rings. The van der Waals surface area contributed by atoms with Gasteiger partial charge in [0.05, 0.1) is 6.33 Å². The number of imidazole rings is 1. The maximum Gasteiger partial charge on any atom is 0.243 e. The smallest absolute Gasteiger partial charge is 0.243 e. The van der Waals surface area contributed by atoms with Crippen LogP contribution in [-0.2, 0) is 43.2 Å². The number of hydrogen-bond acceptors (Lipinski definition) is 7. The lowest BCUT2D eigenvalue weighted by molar-refractivity contribution is -0.134. The van der Waals surface area contributed by atoms with Crippen LogP contribution in [-0.4, -0.2) is 87.7 Å². The Hall–Kier alpha value is -6.19. The van der Waals surface area contributed by atoms with Crippen molar-refractivity contribution in [2.75, 3.05) is 13.1 Å². The van der Waals surface area contributed by atoms with Gasteiger partial charge in [-0.3, -0.25) is 29.0 Å². The van der Waals surface area contributed by atoms with Crippen molar-refractivity contribution in [2.24, 2.45) is 16.5 Å². The summed E-state index contributed by atoms with van der Waals surface area (Å²) in [6.45, 7) is 0.335. The predicted octanol–water partition coefficient (Wildman–Crippen LogP) is -0.178. The van der Waals surface area contributed by atoms with Crippen molar-refractivity contribution < 1.29 is 24.0 Å². The summed E-state index contributed by atoms with van der Waals surface area (Å²) >= 11 is 0. The Morgan fingerprint density at radius 3 is 2.15 bits per heavy atom. The van der Waals surface area contributed by atoms with Crippen molar-refractivity contribution in [2.45, 2.75) is 69.1 Å². The van der Waals surface area contributed by atoms with Crippen LogP contribution in [0.1, 0.15) is 42.5 Å². The highest BCUT2D eigenvalue weighted by Gasteiger charge is 2.32. The number of fused-ring (bicyclic) bond motifs is 1. The third-order valence-corrected chi connectivity index (χ3v) is 8.74. The van der Waals surface area contributed by atoms with E-state index in [0.717, 1.165) is 22.0 Å². The number of carbonyl (C=O) groups is 5. The maximum absolute atomic E-state index is 14.1. The van der Waals surface area contributed by atoms with Gasteiger partial charge in [0.2, 0.25) is 29.5 Å². The molecule has 16 nitrogen and oxygen atoms in total. The molecule has 52 heavy (non-hydrogen) atoms. The Labute approximate surface area is 300 Å². The standard InChI is InChI=1S/C36H45N11O5/c37-36(38)41-15-6-12-27-33(50)47-29(17-23-19-42-26-11-5-4-10-25(23)26)32(49)40-14-7-13-31(48)44-30(18-24-20-39-21-43-24)35(52)46-28(34(51)45-27)16-22-8-2-1-3-9-22/h1-5,8-11,19-21,27-30,42H,6-7,12-18H2,(H,39,43)(H,40,49)(H,44,48)(H,45,51)(H,46,52)(H,47,50)(H4,37,38,41). The lowest BCUT2D eigenvalue weighted by atomic mass is 10.0. The maximum atomic E-state index is 14.1. The number of carbonyl (C=O) groups excluding carboxylic acids is 5. The molecule has 16 heteroatoms. The molecule has 4 unspecified atom stereocenters. The lowest BCUT2D eigenvalue weighted by Crippen LogP contribution is -2.59. The van der Waals surface area contributed by atoms with E-state index in [-0.39, 0.29) is 57.6 Å². The zero-order valence-electron chi connectivity index (χ0n) is 28.7. The Morgan fingerprint density at radius 1 is 0.750 bits per heavy atom. The van der Waals surface area contributed by atoms with Crippen LogP contribution < -0.4 is 38.1 Å². The number of rotatable bonds is 10. The van der Waals surface area contributed by atoms with Gasteiger partial charge in [-0.15, -0.1) is 0 Å². The van der Waals surface area contributed by atoms with Crippen LogP contribution in [0, 0.1) is 0 Å². The average Bonchev–Trinajstić information content (AvgIpc) is 3.80. The summed E-state index contributed by atoms with van der Waals surface area (Å²) in [6, 6.07) is 12.4. The SMILES string of the molecule is NC(N)=NCCCC1NC(=O)C(Cc2ccccc2)NC(=O)C(Cc2cnc[nH]2)NC(=O)CCCNC(=O)C(Cc2c[nH]c3ccccc23)NC1=O. The molecule has 1 aliphatic heterocycles. The van der Waals surface area contributed by atoms with E-state index in [2.05, 4.69) is 46.5 Å². The first-order valence-electron chi connectivity index (χ1n) is 17.3. The number of guanidine groups is 1. The molecule has 0 bridgehead atoms. The summed E-state index contributed by atoms with van der Waals surface area (Å²) in [4.78, 5) is 82.8. The number of amides is 5. The largest absolute Gasteiger partial charge is 0.370 e. The summed E-state index contributed by atoms with van der Waals surface area (Å²) in [5.74, 6) is -2.80. The van der Waals surface area contributed by atoms with Crippen molar-refractivity contribution in [3.8, 4) is 0 Å². The molecular weight excluding hydrogens is 666 g/mol. The Bertz CT molecular complexity index is 1850. The molecule has 274 valence electrons. The van der Waals surface area contributed by atoms with Crippen molar-refractivity contribution in [1.82, 2.24) is 41.5 Å². The number of para-hydroxylation sites is 1. The second kappa shape index (κ2) is 18.2. The van der Waals surface area contributed by atoms with Crippen molar-refractivity contribution in [1.29, 1.82) is 0 Å². The van der Waals surface area contributed by atoms with Crippen LogP contribution in [0.25, 0.3) is 10.9 Å². The highest BCUT2D eigenvalue weighted by atomic mass is 16.2. The van der Waals surface area contributed by atoms with Gasteiger partial charge in [-0.2, -0.15) is 0 Å². The minimum Gasteiger partial charge on any atom is -0.370 e. The Balaban J connectivity index is 1.46. The van der Waals surface area contributed by atoms with Gasteiger partial charge in [0.25, 0.3) is 0 Å². The zero-order valence-corrected chi connectivity index (χ0v) is 28.7. The monoisotopic (exact) mass is 711 g/mol. The fourth-order valence-corrected chi connectivity index (χ4v) is 6.05. The van der Waals surface area contributed by atoms with E-state index in [1.807, 2.05) is 54.6 Å². The zero-order chi connectivity index (χ0) is 36.9. The summed E-state index contributed by atoms with van der Waals surface area (Å²) in [6.07, 6.45) is 5.86. The van der Waals surface area contributed by atoms with Crippen LogP contribution in [0.3, 0.4) is 0 Å². The molecule has 1 fully saturated rings. The third kappa shape index (κ3) is 10.7. The molecule has 5 amide bonds. The number of aromatic amines is 2. The van der Waals surface area contributed by atoms with Crippen molar-refractivity contribution >= 4 is 46.4 Å². The van der Waals surface area contributed by atoms with Crippen LogP contribution >= 0.6 is 0 Å².